The number of fused-ring (bicyclic) bond motifs is 1. The second kappa shape index (κ2) is 7.63. The lowest BCUT2D eigenvalue weighted by molar-refractivity contribution is 0.102. The van der Waals surface area contributed by atoms with Gasteiger partial charge in [-0.1, -0.05) is 48.2 Å². The maximum atomic E-state index is 13.6. The van der Waals surface area contributed by atoms with Crippen molar-refractivity contribution in [1.29, 1.82) is 0 Å². The van der Waals surface area contributed by atoms with Crippen LogP contribution >= 0.6 is 11.8 Å². The normalized spacial score (nSPS) is 10.9. The number of amides is 1. The number of H-pyrrole nitrogens is 1. The minimum atomic E-state index is -0.454. The number of anilines is 1. The zero-order valence-corrected chi connectivity index (χ0v) is 15.1. The van der Waals surface area contributed by atoms with Gasteiger partial charge in [-0.15, -0.1) is 0 Å². The molecule has 1 aromatic heterocycles. The van der Waals surface area contributed by atoms with E-state index in [1.807, 2.05) is 36.4 Å². The van der Waals surface area contributed by atoms with Crippen LogP contribution < -0.4 is 5.32 Å². The first-order valence-electron chi connectivity index (χ1n) is 8.41. The lowest BCUT2D eigenvalue weighted by atomic mass is 10.1. The van der Waals surface area contributed by atoms with Gasteiger partial charge in [-0.05, 0) is 42.0 Å². The molecule has 134 valence electrons. The molecule has 0 aliphatic heterocycles. The van der Waals surface area contributed by atoms with Gasteiger partial charge in [0.25, 0.3) is 5.91 Å². The van der Waals surface area contributed by atoms with Crippen molar-refractivity contribution in [2.45, 2.75) is 10.9 Å². The second-order valence-electron chi connectivity index (χ2n) is 5.98. The number of carbonyl (C=O) groups excluding carboxylic acids is 1. The number of halogens is 1. The molecular formula is C21H16FN3OS. The summed E-state index contributed by atoms with van der Waals surface area (Å²) < 4.78 is 13.6. The molecule has 0 radical (unpaired) electrons. The van der Waals surface area contributed by atoms with Gasteiger partial charge in [-0.2, -0.15) is 0 Å². The van der Waals surface area contributed by atoms with Crippen LogP contribution in [0.1, 0.15) is 15.9 Å². The van der Waals surface area contributed by atoms with Crippen molar-refractivity contribution in [3.8, 4) is 0 Å². The Labute approximate surface area is 159 Å². The Kier molecular flexibility index (Phi) is 4.89. The highest BCUT2D eigenvalue weighted by molar-refractivity contribution is 7.98. The van der Waals surface area contributed by atoms with E-state index in [0.717, 1.165) is 27.5 Å². The van der Waals surface area contributed by atoms with E-state index in [2.05, 4.69) is 15.3 Å². The Morgan fingerprint density at radius 2 is 1.74 bits per heavy atom. The number of benzene rings is 3. The van der Waals surface area contributed by atoms with Crippen molar-refractivity contribution in [3.63, 3.8) is 0 Å². The van der Waals surface area contributed by atoms with Gasteiger partial charge in [0, 0.05) is 11.3 Å². The summed E-state index contributed by atoms with van der Waals surface area (Å²) in [6.45, 7) is 0. The summed E-state index contributed by atoms with van der Waals surface area (Å²) in [6.07, 6.45) is 0. The lowest BCUT2D eigenvalue weighted by Gasteiger charge is -2.07. The van der Waals surface area contributed by atoms with Gasteiger partial charge in [0.15, 0.2) is 5.16 Å². The Hall–Kier alpha value is -3.12. The van der Waals surface area contributed by atoms with Crippen molar-refractivity contribution >= 4 is 34.4 Å². The summed E-state index contributed by atoms with van der Waals surface area (Å²) in [5.74, 6) is -0.0593. The number of imidazole rings is 1. The number of hydrogen-bond acceptors (Lipinski definition) is 3. The average Bonchev–Trinajstić information content (AvgIpc) is 3.11. The van der Waals surface area contributed by atoms with Crippen molar-refractivity contribution in [2.24, 2.45) is 0 Å². The summed E-state index contributed by atoms with van der Waals surface area (Å²) in [6, 6.07) is 21.3. The van der Waals surface area contributed by atoms with Crippen LogP contribution in [0.15, 0.2) is 78.0 Å². The van der Waals surface area contributed by atoms with Gasteiger partial charge in [0.05, 0.1) is 16.7 Å². The van der Waals surface area contributed by atoms with Crippen LogP contribution in [0.3, 0.4) is 0 Å². The number of hydrogen-bond donors (Lipinski definition) is 2. The quantitative estimate of drug-likeness (QED) is 0.467. The van der Waals surface area contributed by atoms with E-state index in [-0.39, 0.29) is 11.6 Å². The lowest BCUT2D eigenvalue weighted by Crippen LogP contribution is -2.12. The second-order valence-corrected chi connectivity index (χ2v) is 6.94. The molecule has 1 heterocycles. The maximum absolute atomic E-state index is 13.6. The minimum Gasteiger partial charge on any atom is -0.333 e. The summed E-state index contributed by atoms with van der Waals surface area (Å²) >= 11 is 1.60. The Morgan fingerprint density at radius 3 is 2.52 bits per heavy atom. The van der Waals surface area contributed by atoms with Gasteiger partial charge >= 0.3 is 0 Å². The highest BCUT2D eigenvalue weighted by atomic mass is 32.2. The van der Waals surface area contributed by atoms with Crippen LogP contribution in [0.2, 0.25) is 0 Å². The zero-order chi connectivity index (χ0) is 18.6. The Morgan fingerprint density at radius 1 is 1.00 bits per heavy atom. The monoisotopic (exact) mass is 377 g/mol. The molecule has 4 nitrogen and oxygen atoms in total. The number of nitrogens with zero attached hydrogens (tertiary/aromatic N) is 1. The van der Waals surface area contributed by atoms with Gasteiger partial charge in [-0.25, -0.2) is 9.37 Å². The van der Waals surface area contributed by atoms with Crippen LogP contribution in [0.4, 0.5) is 10.1 Å². The highest BCUT2D eigenvalue weighted by Crippen LogP contribution is 2.23. The van der Waals surface area contributed by atoms with E-state index in [9.17, 15) is 9.18 Å². The van der Waals surface area contributed by atoms with E-state index in [0.29, 0.717) is 5.56 Å². The molecule has 0 fully saturated rings. The summed E-state index contributed by atoms with van der Waals surface area (Å²) in [5, 5.41) is 3.44. The molecule has 2 N–H and O–H groups in total. The molecule has 0 saturated heterocycles. The molecule has 0 aliphatic rings. The van der Waals surface area contributed by atoms with Crippen molar-refractivity contribution in [1.82, 2.24) is 9.97 Å². The number of aromatic amines is 1. The largest absolute Gasteiger partial charge is 0.333 e. The van der Waals surface area contributed by atoms with E-state index < -0.39 is 5.82 Å². The van der Waals surface area contributed by atoms with Gasteiger partial charge < -0.3 is 10.3 Å². The third kappa shape index (κ3) is 4.01. The highest BCUT2D eigenvalue weighted by Gasteiger charge is 2.09. The average molecular weight is 377 g/mol. The molecule has 0 bridgehead atoms. The molecule has 6 heteroatoms. The van der Waals surface area contributed by atoms with Gasteiger partial charge in [-0.3, -0.25) is 4.79 Å². The Balaban J connectivity index is 1.39. The maximum Gasteiger partial charge on any atom is 0.255 e. The standard InChI is InChI=1S/C21H16FN3OS/c22-16-5-1-2-6-17(16)23-20(26)15-11-9-14(10-12-15)13-27-21-24-18-7-3-4-8-19(18)25-21/h1-12H,13H2,(H,23,26)(H,24,25). The van der Waals surface area contributed by atoms with Gasteiger partial charge in [0.2, 0.25) is 0 Å². The van der Waals surface area contributed by atoms with Crippen molar-refractivity contribution in [3.05, 3.63) is 89.7 Å². The number of nitrogens with one attached hydrogen (secondary N) is 2. The predicted molar refractivity (Wildman–Crippen MR) is 106 cm³/mol. The number of rotatable bonds is 5. The fraction of sp³-hybridized carbons (Fsp3) is 0.0476. The first-order valence-corrected chi connectivity index (χ1v) is 9.40. The molecule has 1 amide bonds. The molecule has 0 unspecified atom stereocenters. The number of carbonyl (C=O) groups is 1. The van der Waals surface area contributed by atoms with E-state index in [4.69, 9.17) is 0 Å². The van der Waals surface area contributed by atoms with Gasteiger partial charge in [0.1, 0.15) is 5.82 Å². The third-order valence-corrected chi connectivity index (χ3v) is 5.03. The fourth-order valence-electron chi connectivity index (χ4n) is 2.66. The molecule has 0 spiro atoms. The first-order chi connectivity index (χ1) is 13.2. The number of para-hydroxylation sites is 3. The molecule has 0 aliphatic carbocycles. The molecule has 3 aromatic carbocycles. The summed E-state index contributed by atoms with van der Waals surface area (Å²) in [4.78, 5) is 20.1. The first kappa shape index (κ1) is 17.3. The molecule has 0 saturated carbocycles. The number of aromatic nitrogens is 2. The predicted octanol–water partition coefficient (Wildman–Crippen LogP) is 5.25. The van der Waals surface area contributed by atoms with Crippen LogP contribution in [0.25, 0.3) is 11.0 Å². The third-order valence-electron chi connectivity index (χ3n) is 4.08. The van der Waals surface area contributed by atoms with E-state index >= 15 is 0 Å². The van der Waals surface area contributed by atoms with E-state index in [1.165, 1.54) is 12.1 Å². The van der Waals surface area contributed by atoms with Crippen LogP contribution in [-0.2, 0) is 5.75 Å². The van der Waals surface area contributed by atoms with Crippen molar-refractivity contribution < 1.29 is 9.18 Å². The summed E-state index contributed by atoms with van der Waals surface area (Å²) in [5.41, 5.74) is 3.69. The molecule has 4 rings (SSSR count). The SMILES string of the molecule is O=C(Nc1ccccc1F)c1ccc(CSc2nc3ccccc3[nH]2)cc1. The van der Waals surface area contributed by atoms with Crippen LogP contribution in [0, 0.1) is 5.82 Å². The smallest absolute Gasteiger partial charge is 0.255 e. The topological polar surface area (TPSA) is 57.8 Å². The zero-order valence-electron chi connectivity index (χ0n) is 14.3. The van der Waals surface area contributed by atoms with E-state index in [1.54, 1.807) is 36.0 Å². The molecule has 0 atom stereocenters. The van der Waals surface area contributed by atoms with Crippen LogP contribution in [-0.4, -0.2) is 15.9 Å². The summed E-state index contributed by atoms with van der Waals surface area (Å²) in [7, 11) is 0. The molecule has 4 aromatic rings. The van der Waals surface area contributed by atoms with Crippen LogP contribution in [0.5, 0.6) is 0 Å². The molecule has 27 heavy (non-hydrogen) atoms. The minimum absolute atomic E-state index is 0.173. The fourth-order valence-corrected chi connectivity index (χ4v) is 3.50. The molecular weight excluding hydrogens is 361 g/mol. The Bertz CT molecular complexity index is 1060. The van der Waals surface area contributed by atoms with Crippen molar-refractivity contribution in [2.75, 3.05) is 5.32 Å². The number of thioether (sulfide) groups is 1.